The van der Waals surface area contributed by atoms with E-state index in [0.717, 1.165) is 4.90 Å². The van der Waals surface area contributed by atoms with Crippen LogP contribution in [0.2, 0.25) is 0 Å². The van der Waals surface area contributed by atoms with Gasteiger partial charge in [0.25, 0.3) is 5.69 Å². The van der Waals surface area contributed by atoms with E-state index in [4.69, 9.17) is 14.2 Å². The lowest BCUT2D eigenvalue weighted by atomic mass is 9.64. The Morgan fingerprint density at radius 1 is 0.808 bits per heavy atom. The predicted molar refractivity (Wildman–Crippen MR) is 264 cm³/mol. The summed E-state index contributed by atoms with van der Waals surface area (Å²) in [4.78, 5) is 89.8. The van der Waals surface area contributed by atoms with Crippen LogP contribution in [0.25, 0.3) is 0 Å². The van der Waals surface area contributed by atoms with Gasteiger partial charge in [0.1, 0.15) is 36.5 Å². The molecule has 6 atom stereocenters. The highest BCUT2D eigenvalue weighted by molar-refractivity contribution is 6.23. The average molecular weight is 984 g/mol. The maximum absolute atomic E-state index is 16.7. The quantitative estimate of drug-likeness (QED) is 0.0637. The van der Waals surface area contributed by atoms with Gasteiger partial charge in [0.05, 0.1) is 41.8 Å². The number of rotatable bonds is 12. The van der Waals surface area contributed by atoms with Crippen LogP contribution in [0.1, 0.15) is 58.0 Å². The van der Waals surface area contributed by atoms with E-state index in [1.165, 1.54) is 24.3 Å². The van der Waals surface area contributed by atoms with Crippen LogP contribution >= 0.6 is 0 Å². The summed E-state index contributed by atoms with van der Waals surface area (Å²) in [5.41, 5.74) is 0.427. The molecule has 5 heterocycles. The van der Waals surface area contributed by atoms with E-state index in [9.17, 15) is 25.1 Å². The smallest absolute Gasteiger partial charge is 0.421 e. The van der Waals surface area contributed by atoms with Crippen LogP contribution in [-0.4, -0.2) is 111 Å². The molecule has 6 aromatic rings. The first-order chi connectivity index (χ1) is 35.6. The topological polar surface area (TPSA) is 218 Å². The van der Waals surface area contributed by atoms with Gasteiger partial charge in [-0.15, -0.1) is 0 Å². The average Bonchev–Trinajstić information content (AvgIpc) is 3.88. The molecule has 1 aromatic heterocycles. The number of aliphatic hydroxyl groups is 2. The van der Waals surface area contributed by atoms with Crippen molar-refractivity contribution in [3.05, 3.63) is 189 Å². The number of hydrogen-bond acceptors (Lipinski definition) is 15. The van der Waals surface area contributed by atoms with E-state index >= 15 is 14.4 Å². The maximum atomic E-state index is 16.7. The lowest BCUT2D eigenvalue weighted by Crippen LogP contribution is -2.59. The van der Waals surface area contributed by atoms with Crippen LogP contribution in [0.15, 0.2) is 146 Å². The molecule has 6 unspecified atom stereocenters. The van der Waals surface area contributed by atoms with Crippen molar-refractivity contribution in [2.45, 2.75) is 42.7 Å². The highest BCUT2D eigenvalue weighted by Crippen LogP contribution is 2.67. The number of piperazine rings is 1. The van der Waals surface area contributed by atoms with Gasteiger partial charge in [0, 0.05) is 68.3 Å². The molecule has 0 saturated carbocycles. The Hall–Kier alpha value is -8.50. The van der Waals surface area contributed by atoms with Crippen molar-refractivity contribution in [2.75, 3.05) is 55.8 Å². The Kier molecular flexibility index (Phi) is 13.6. The third-order valence-electron chi connectivity index (χ3n) is 13.9. The summed E-state index contributed by atoms with van der Waals surface area (Å²) in [7, 11) is 0. The fourth-order valence-corrected chi connectivity index (χ4v) is 10.8. The predicted octanol–water partition coefficient (Wildman–Crippen LogP) is 5.84. The van der Waals surface area contributed by atoms with E-state index in [-0.39, 0.29) is 68.6 Å². The number of imide groups is 1. The number of hydrogen-bond donors (Lipinski definition) is 2. The van der Waals surface area contributed by atoms with Crippen LogP contribution in [0.5, 0.6) is 5.75 Å². The third kappa shape index (κ3) is 8.77. The Labute approximate surface area is 419 Å². The number of aliphatic hydroxyl groups excluding tert-OH is 2. The third-order valence-corrected chi connectivity index (χ3v) is 13.9. The second-order valence-electron chi connectivity index (χ2n) is 17.9. The van der Waals surface area contributed by atoms with Gasteiger partial charge in [-0.1, -0.05) is 90.7 Å². The van der Waals surface area contributed by atoms with Gasteiger partial charge >= 0.3 is 12.1 Å². The number of esters is 1. The first kappa shape index (κ1) is 48.1. The van der Waals surface area contributed by atoms with Crippen LogP contribution < -0.4 is 14.5 Å². The van der Waals surface area contributed by atoms with Gasteiger partial charge < -0.3 is 34.2 Å². The number of nitro groups is 1. The zero-order valence-corrected chi connectivity index (χ0v) is 39.3. The van der Waals surface area contributed by atoms with Crippen molar-refractivity contribution in [1.29, 1.82) is 0 Å². The summed E-state index contributed by atoms with van der Waals surface area (Å²) < 4.78 is 18.9. The molecule has 1 spiro atoms. The van der Waals surface area contributed by atoms with Crippen molar-refractivity contribution in [3.8, 4) is 17.6 Å². The molecule has 370 valence electrons. The lowest BCUT2D eigenvalue weighted by Gasteiger charge is -2.46. The van der Waals surface area contributed by atoms with Crippen molar-refractivity contribution in [1.82, 2.24) is 19.8 Å². The molecular formula is C55H49N7O11. The van der Waals surface area contributed by atoms with E-state index in [0.29, 0.717) is 46.9 Å². The van der Waals surface area contributed by atoms with E-state index in [1.54, 1.807) is 65.8 Å². The Bertz CT molecular complexity index is 3090. The summed E-state index contributed by atoms with van der Waals surface area (Å²) in [5, 5.41) is 31.3. The van der Waals surface area contributed by atoms with Crippen molar-refractivity contribution >= 4 is 41.2 Å². The standard InChI is InChI=1S/C55H49N7O11/c63-31-10-9-12-36-21-24-43-42(34-36)55(52(67)60(43)54(68)72-35-37-19-22-40(23-20-37)62(69)70)45(50(65)58-27-29-59(30-28-58)53-56-25-11-26-57-53)47-51(66)73-48(39-15-5-2-6-16-39)46(38-13-3-1-4-14-38)61(47)49(55)41-17-7-8-18-44(41)71-33-32-64/h1-8,11,13-26,34,45-49,63-64H,10,27-33,35H2. The molecular weight excluding hydrogens is 935 g/mol. The van der Waals surface area contributed by atoms with E-state index in [1.807, 2.05) is 70.5 Å². The number of nitro benzene ring substituents is 1. The second-order valence-corrected chi connectivity index (χ2v) is 17.9. The minimum absolute atomic E-state index is 0.0677. The molecule has 4 aliphatic heterocycles. The van der Waals surface area contributed by atoms with E-state index < -0.39 is 64.4 Å². The summed E-state index contributed by atoms with van der Waals surface area (Å²) >= 11 is 0. The molecule has 3 saturated heterocycles. The number of morpholine rings is 1. The summed E-state index contributed by atoms with van der Waals surface area (Å²) in [6.45, 7) is -0.190. The normalized spacial score (nSPS) is 22.2. The molecule has 0 radical (unpaired) electrons. The fourth-order valence-electron chi connectivity index (χ4n) is 10.8. The SMILES string of the molecule is O=C1OC(c2ccccc2)C(c2ccccc2)N2C1C(C(=O)N1CCN(c3ncccn3)CC1)C1(C(=O)N(C(=O)OCc3ccc([N+](=O)[O-])cc3)c3ccc(C#CCCO)cc31)C2c1ccccc1OCCO. The van der Waals surface area contributed by atoms with Crippen molar-refractivity contribution < 1.29 is 48.5 Å². The minimum Gasteiger partial charge on any atom is -0.491 e. The van der Waals surface area contributed by atoms with Crippen LogP contribution in [0, 0.1) is 27.9 Å². The monoisotopic (exact) mass is 983 g/mol. The molecule has 5 aromatic carbocycles. The molecule has 0 bridgehead atoms. The Morgan fingerprint density at radius 3 is 2.18 bits per heavy atom. The number of aromatic nitrogens is 2. The Balaban J connectivity index is 1.22. The largest absolute Gasteiger partial charge is 0.491 e. The number of para-hydroxylation sites is 1. The van der Waals surface area contributed by atoms with Gasteiger partial charge in [-0.25, -0.2) is 19.7 Å². The molecule has 18 heteroatoms. The number of amides is 3. The molecule has 3 amide bonds. The zero-order valence-electron chi connectivity index (χ0n) is 39.3. The Morgan fingerprint density at radius 2 is 1.49 bits per heavy atom. The molecule has 3 fully saturated rings. The molecule has 73 heavy (non-hydrogen) atoms. The zero-order chi connectivity index (χ0) is 50.6. The van der Waals surface area contributed by atoms with Gasteiger partial charge in [-0.3, -0.25) is 29.4 Å². The number of non-ortho nitro benzene ring substituents is 1. The van der Waals surface area contributed by atoms with Crippen LogP contribution in [0.3, 0.4) is 0 Å². The van der Waals surface area contributed by atoms with Crippen LogP contribution in [-0.2, 0) is 35.9 Å². The van der Waals surface area contributed by atoms with Gasteiger partial charge in [-0.05, 0) is 64.7 Å². The first-order valence-corrected chi connectivity index (χ1v) is 23.9. The van der Waals surface area contributed by atoms with Crippen molar-refractivity contribution in [3.63, 3.8) is 0 Å². The molecule has 4 aliphatic rings. The van der Waals surface area contributed by atoms with Gasteiger partial charge in [-0.2, -0.15) is 0 Å². The summed E-state index contributed by atoms with van der Waals surface area (Å²) in [5.74, 6) is 2.95. The number of ether oxygens (including phenoxy) is 3. The lowest BCUT2D eigenvalue weighted by molar-refractivity contribution is -0.384. The van der Waals surface area contributed by atoms with Gasteiger partial charge in [0.15, 0.2) is 0 Å². The first-order valence-electron chi connectivity index (χ1n) is 23.9. The highest BCUT2D eigenvalue weighted by atomic mass is 16.6. The molecule has 18 nitrogen and oxygen atoms in total. The summed E-state index contributed by atoms with van der Waals surface area (Å²) in [6.07, 6.45) is 1.29. The molecule has 0 aliphatic carbocycles. The number of benzene rings is 5. The second kappa shape index (κ2) is 20.7. The number of carbonyl (C=O) groups excluding carboxylic acids is 4. The van der Waals surface area contributed by atoms with E-state index in [2.05, 4.69) is 21.8 Å². The molecule has 2 N–H and O–H groups in total. The number of nitrogens with zero attached hydrogens (tertiary/aromatic N) is 7. The van der Waals surface area contributed by atoms with Gasteiger partial charge in [0.2, 0.25) is 17.8 Å². The molecule has 10 rings (SSSR count). The number of fused-ring (bicyclic) bond motifs is 3. The highest BCUT2D eigenvalue weighted by Gasteiger charge is 2.76. The summed E-state index contributed by atoms with van der Waals surface area (Å²) in [6, 6.07) is 33.8. The number of carbonyl (C=O) groups is 4. The fraction of sp³-hybridized carbons (Fsp3) is 0.273. The number of anilines is 2. The van der Waals surface area contributed by atoms with Crippen LogP contribution in [0.4, 0.5) is 22.1 Å². The number of cyclic esters (lactones) is 1. The van der Waals surface area contributed by atoms with Crippen molar-refractivity contribution in [2.24, 2.45) is 5.92 Å². The minimum atomic E-state index is -2.17. The maximum Gasteiger partial charge on any atom is 0.421 e.